The van der Waals surface area contributed by atoms with Crippen LogP contribution in [0.15, 0.2) is 18.7 Å². The lowest BCUT2D eigenvalue weighted by atomic mass is 10.2. The summed E-state index contributed by atoms with van der Waals surface area (Å²) in [5, 5.41) is 0. The smallest absolute Gasteiger partial charge is 0.411 e. The van der Waals surface area contributed by atoms with Crippen LogP contribution < -0.4 is 0 Å². The molecule has 1 amide bonds. The van der Waals surface area contributed by atoms with Crippen molar-refractivity contribution in [3.63, 3.8) is 0 Å². The van der Waals surface area contributed by atoms with Crippen molar-refractivity contribution < 1.29 is 18.7 Å². The lowest BCUT2D eigenvalue weighted by molar-refractivity contribution is 0.0203. The Labute approximate surface area is 116 Å². The molecule has 1 aliphatic heterocycles. The van der Waals surface area contributed by atoms with Crippen LogP contribution in [0.1, 0.15) is 32.0 Å². The molecular formula is C13H18FN3O3. The Balaban J connectivity index is 2.14. The third-order valence-corrected chi connectivity index (χ3v) is 2.92. The monoisotopic (exact) mass is 283 g/mol. The van der Waals surface area contributed by atoms with Crippen LogP contribution in [0.3, 0.4) is 0 Å². The number of likely N-dealkylation sites (tertiary alicyclic amines) is 1. The van der Waals surface area contributed by atoms with E-state index in [4.69, 9.17) is 4.74 Å². The second kappa shape index (κ2) is 5.22. The molecule has 0 spiro atoms. The van der Waals surface area contributed by atoms with Gasteiger partial charge in [-0.05, 0) is 20.8 Å². The normalized spacial score (nSPS) is 22.9. The maximum absolute atomic E-state index is 13.6. The molecule has 6 nitrogen and oxygen atoms in total. The molecule has 1 fully saturated rings. The van der Waals surface area contributed by atoms with Gasteiger partial charge in [-0.25, -0.2) is 14.2 Å². The highest BCUT2D eigenvalue weighted by molar-refractivity contribution is 5.88. The van der Waals surface area contributed by atoms with Gasteiger partial charge in [-0.15, -0.1) is 0 Å². The van der Waals surface area contributed by atoms with Crippen molar-refractivity contribution >= 4 is 12.0 Å². The molecule has 0 saturated carbocycles. The van der Waals surface area contributed by atoms with Gasteiger partial charge in [0.1, 0.15) is 24.1 Å². The number of nitrogens with zero attached hydrogens (tertiary/aromatic N) is 3. The first-order chi connectivity index (χ1) is 9.28. The molecule has 1 saturated heterocycles. The van der Waals surface area contributed by atoms with E-state index in [0.29, 0.717) is 0 Å². The Morgan fingerprint density at radius 1 is 1.40 bits per heavy atom. The summed E-state index contributed by atoms with van der Waals surface area (Å²) in [6, 6.07) is -0.853. The minimum absolute atomic E-state index is 0.0176. The van der Waals surface area contributed by atoms with Crippen LogP contribution in [0.2, 0.25) is 0 Å². The molecule has 2 unspecified atom stereocenters. The fourth-order valence-electron chi connectivity index (χ4n) is 2.10. The third kappa shape index (κ3) is 3.15. The van der Waals surface area contributed by atoms with Crippen molar-refractivity contribution in [2.45, 2.75) is 45.0 Å². The summed E-state index contributed by atoms with van der Waals surface area (Å²) >= 11 is 0. The number of hydrogen-bond donors (Lipinski definition) is 0. The maximum atomic E-state index is 13.6. The van der Waals surface area contributed by atoms with Crippen LogP contribution in [-0.2, 0) is 4.74 Å². The molecule has 2 atom stereocenters. The van der Waals surface area contributed by atoms with Crippen LogP contribution in [0, 0.1) is 0 Å². The molecule has 0 bridgehead atoms. The van der Waals surface area contributed by atoms with E-state index in [0.717, 1.165) is 4.90 Å². The van der Waals surface area contributed by atoms with E-state index in [-0.39, 0.29) is 18.9 Å². The molecule has 0 N–H and O–H groups in total. The number of rotatable bonds is 1. The highest BCUT2D eigenvalue weighted by Crippen LogP contribution is 2.24. The Kier molecular flexibility index (Phi) is 3.78. The summed E-state index contributed by atoms with van der Waals surface area (Å²) in [6.07, 6.45) is 2.35. The van der Waals surface area contributed by atoms with Gasteiger partial charge in [0, 0.05) is 18.8 Å². The molecule has 0 aromatic carbocycles. The van der Waals surface area contributed by atoms with Crippen molar-refractivity contribution in [3.8, 4) is 0 Å². The van der Waals surface area contributed by atoms with Gasteiger partial charge < -0.3 is 4.74 Å². The lowest BCUT2D eigenvalue weighted by Gasteiger charge is -2.27. The van der Waals surface area contributed by atoms with Gasteiger partial charge in [0.2, 0.25) is 0 Å². The van der Waals surface area contributed by atoms with Crippen molar-refractivity contribution in [3.05, 3.63) is 18.7 Å². The van der Waals surface area contributed by atoms with Crippen LogP contribution in [0.4, 0.5) is 9.18 Å². The standard InChI is InChI=1S/C13H18FN3O3/c1-13(2,3)20-12(19)17-7-9(14)6-10(17)11(18)16-5-4-15-8-16/h4-5,8-10H,6-7H2,1-3H3. The quantitative estimate of drug-likeness (QED) is 0.789. The third-order valence-electron chi connectivity index (χ3n) is 2.92. The Bertz CT molecular complexity index is 495. The average molecular weight is 283 g/mol. The highest BCUT2D eigenvalue weighted by Gasteiger charge is 2.42. The Morgan fingerprint density at radius 2 is 2.10 bits per heavy atom. The summed E-state index contributed by atoms with van der Waals surface area (Å²) in [6.45, 7) is 5.04. The van der Waals surface area contributed by atoms with Gasteiger partial charge in [0.25, 0.3) is 5.91 Å². The summed E-state index contributed by atoms with van der Waals surface area (Å²) < 4.78 is 20.1. The van der Waals surface area contributed by atoms with Crippen LogP contribution in [0.5, 0.6) is 0 Å². The minimum atomic E-state index is -1.22. The SMILES string of the molecule is CC(C)(C)OC(=O)N1CC(F)CC1C(=O)n1ccnc1. The number of hydrogen-bond acceptors (Lipinski definition) is 4. The van der Waals surface area contributed by atoms with E-state index in [1.54, 1.807) is 20.8 Å². The van der Waals surface area contributed by atoms with E-state index < -0.39 is 23.9 Å². The predicted molar refractivity (Wildman–Crippen MR) is 69.1 cm³/mol. The lowest BCUT2D eigenvalue weighted by Crippen LogP contribution is -2.44. The molecule has 1 aliphatic rings. The fraction of sp³-hybridized carbons (Fsp3) is 0.615. The van der Waals surface area contributed by atoms with Gasteiger partial charge in [-0.3, -0.25) is 14.3 Å². The number of imidazole rings is 1. The second-order valence-electron chi connectivity index (χ2n) is 5.79. The number of carbonyl (C=O) groups is 2. The van der Waals surface area contributed by atoms with Gasteiger partial charge in [-0.1, -0.05) is 0 Å². The molecular weight excluding hydrogens is 265 g/mol. The molecule has 1 aromatic rings. The molecule has 2 heterocycles. The van der Waals surface area contributed by atoms with E-state index >= 15 is 0 Å². The summed E-state index contributed by atoms with van der Waals surface area (Å²) in [4.78, 5) is 29.2. The van der Waals surface area contributed by atoms with Gasteiger partial charge in [0.15, 0.2) is 0 Å². The van der Waals surface area contributed by atoms with E-state index in [1.807, 2.05) is 0 Å². The first-order valence-electron chi connectivity index (χ1n) is 6.44. The summed E-state index contributed by atoms with van der Waals surface area (Å²) in [7, 11) is 0. The highest BCUT2D eigenvalue weighted by atomic mass is 19.1. The number of ether oxygens (including phenoxy) is 1. The zero-order valence-electron chi connectivity index (χ0n) is 11.7. The first kappa shape index (κ1) is 14.5. The summed E-state index contributed by atoms with van der Waals surface area (Å²) in [5.74, 6) is -0.381. The number of halogens is 1. The summed E-state index contributed by atoms with van der Waals surface area (Å²) in [5.41, 5.74) is -0.686. The maximum Gasteiger partial charge on any atom is 0.411 e. The first-order valence-corrected chi connectivity index (χ1v) is 6.44. The van der Waals surface area contributed by atoms with E-state index in [2.05, 4.69) is 4.98 Å². The molecule has 2 rings (SSSR count). The number of alkyl halides is 1. The molecule has 0 radical (unpaired) electrons. The molecule has 110 valence electrons. The van der Waals surface area contributed by atoms with Crippen molar-refractivity contribution in [1.82, 2.24) is 14.5 Å². The second-order valence-corrected chi connectivity index (χ2v) is 5.79. The molecule has 7 heteroatoms. The number of carbonyl (C=O) groups excluding carboxylic acids is 2. The minimum Gasteiger partial charge on any atom is -0.444 e. The zero-order valence-corrected chi connectivity index (χ0v) is 11.7. The zero-order chi connectivity index (χ0) is 14.9. The van der Waals surface area contributed by atoms with Crippen molar-refractivity contribution in [2.24, 2.45) is 0 Å². The average Bonchev–Trinajstić information content (AvgIpc) is 2.94. The molecule has 1 aromatic heterocycles. The largest absolute Gasteiger partial charge is 0.444 e. The Hall–Kier alpha value is -1.92. The van der Waals surface area contributed by atoms with Gasteiger partial charge in [-0.2, -0.15) is 0 Å². The van der Waals surface area contributed by atoms with Crippen LogP contribution in [-0.4, -0.2) is 50.8 Å². The fourth-order valence-corrected chi connectivity index (χ4v) is 2.10. The number of aromatic nitrogens is 2. The van der Waals surface area contributed by atoms with Gasteiger partial charge in [0.05, 0.1) is 6.54 Å². The van der Waals surface area contributed by atoms with Crippen molar-refractivity contribution in [1.29, 1.82) is 0 Å². The van der Waals surface area contributed by atoms with Gasteiger partial charge >= 0.3 is 6.09 Å². The Morgan fingerprint density at radius 3 is 2.65 bits per heavy atom. The molecule has 0 aliphatic carbocycles. The van der Waals surface area contributed by atoms with Crippen molar-refractivity contribution in [2.75, 3.05) is 6.54 Å². The topological polar surface area (TPSA) is 64.4 Å². The van der Waals surface area contributed by atoms with E-state index in [1.165, 1.54) is 23.3 Å². The predicted octanol–water partition coefficient (Wildman–Crippen LogP) is 1.87. The van der Waals surface area contributed by atoms with Crippen LogP contribution >= 0.6 is 0 Å². The van der Waals surface area contributed by atoms with E-state index in [9.17, 15) is 14.0 Å². The molecule has 20 heavy (non-hydrogen) atoms. The number of amides is 1. The van der Waals surface area contributed by atoms with Crippen LogP contribution in [0.25, 0.3) is 0 Å².